The van der Waals surface area contributed by atoms with Crippen molar-refractivity contribution in [3.05, 3.63) is 0 Å². The monoisotopic (exact) mass is 323 g/mol. The molecule has 3 aliphatic rings. The molecule has 5 heteroatoms. The fraction of sp³-hybridized carbons (Fsp3) is 0.944. The number of rotatable bonds is 3. The van der Waals surface area contributed by atoms with Gasteiger partial charge in [0.05, 0.1) is 0 Å². The maximum absolute atomic E-state index is 11.9. The summed E-state index contributed by atoms with van der Waals surface area (Å²) in [5.74, 6) is 0.862. The molecule has 0 spiro atoms. The highest BCUT2D eigenvalue weighted by Gasteiger charge is 2.35. The number of carbonyl (C=O) groups is 1. The predicted molar refractivity (Wildman–Crippen MR) is 91.5 cm³/mol. The number of nitrogens with one attached hydrogen (secondary N) is 2. The molecule has 3 rings (SSSR count). The van der Waals surface area contributed by atoms with E-state index in [1.165, 1.54) is 32.5 Å². The summed E-state index contributed by atoms with van der Waals surface area (Å²) in [5.41, 5.74) is -0.418. The molecule has 1 saturated carbocycles. The fourth-order valence-electron chi connectivity index (χ4n) is 4.35. The second kappa shape index (κ2) is 6.98. The summed E-state index contributed by atoms with van der Waals surface area (Å²) in [5, 5.41) is 6.96. The van der Waals surface area contributed by atoms with E-state index < -0.39 is 5.60 Å². The molecule has 0 aromatic carbocycles. The Morgan fingerprint density at radius 2 is 1.65 bits per heavy atom. The molecule has 5 nitrogen and oxygen atoms in total. The van der Waals surface area contributed by atoms with Crippen LogP contribution in [0.25, 0.3) is 0 Å². The molecule has 1 amide bonds. The van der Waals surface area contributed by atoms with Crippen LogP contribution in [0.3, 0.4) is 0 Å². The number of hydrogen-bond acceptors (Lipinski definition) is 4. The van der Waals surface area contributed by atoms with Gasteiger partial charge in [-0.15, -0.1) is 0 Å². The average Bonchev–Trinajstić information content (AvgIpc) is 2.85. The molecule has 0 radical (unpaired) electrons. The first-order valence-corrected chi connectivity index (χ1v) is 9.37. The summed E-state index contributed by atoms with van der Waals surface area (Å²) >= 11 is 0. The molecule has 2 bridgehead atoms. The Morgan fingerprint density at radius 1 is 1.00 bits per heavy atom. The lowest BCUT2D eigenvalue weighted by atomic mass is 9.88. The van der Waals surface area contributed by atoms with Crippen molar-refractivity contribution in [2.75, 3.05) is 19.6 Å². The zero-order valence-corrected chi connectivity index (χ0v) is 14.9. The minimum absolute atomic E-state index is 0.271. The molecule has 3 unspecified atom stereocenters. The van der Waals surface area contributed by atoms with Gasteiger partial charge in [0.2, 0.25) is 0 Å². The maximum atomic E-state index is 11.9. The summed E-state index contributed by atoms with van der Waals surface area (Å²) in [6, 6.07) is 1.62. The first kappa shape index (κ1) is 17.0. The quantitative estimate of drug-likeness (QED) is 0.838. The lowest BCUT2D eigenvalue weighted by Crippen LogP contribution is -2.50. The van der Waals surface area contributed by atoms with Crippen molar-refractivity contribution < 1.29 is 9.53 Å². The number of carbonyl (C=O) groups excluding carboxylic acids is 1. The van der Waals surface area contributed by atoms with Crippen LogP contribution in [0.2, 0.25) is 0 Å². The van der Waals surface area contributed by atoms with Crippen LogP contribution in [0, 0.1) is 5.92 Å². The van der Waals surface area contributed by atoms with Crippen LogP contribution in [-0.4, -0.2) is 54.4 Å². The van der Waals surface area contributed by atoms with E-state index in [0.29, 0.717) is 12.1 Å². The predicted octanol–water partition coefficient (Wildman–Crippen LogP) is 2.51. The molecule has 2 heterocycles. The number of fused-ring (bicyclic) bond motifs is 2. The van der Waals surface area contributed by atoms with Gasteiger partial charge < -0.3 is 20.3 Å². The fourth-order valence-corrected chi connectivity index (χ4v) is 4.35. The van der Waals surface area contributed by atoms with Crippen LogP contribution in [0.1, 0.15) is 59.3 Å². The van der Waals surface area contributed by atoms with Gasteiger partial charge in [0.15, 0.2) is 0 Å². The van der Waals surface area contributed by atoms with Crippen LogP contribution in [0.5, 0.6) is 0 Å². The molecule has 3 atom stereocenters. The number of piperidine rings is 1. The van der Waals surface area contributed by atoms with Crippen LogP contribution < -0.4 is 10.6 Å². The second-order valence-electron chi connectivity index (χ2n) is 8.61. The molecular formula is C18H33N3O2. The van der Waals surface area contributed by atoms with Gasteiger partial charge in [-0.2, -0.15) is 0 Å². The number of amides is 1. The number of hydrogen-bond donors (Lipinski definition) is 2. The zero-order valence-electron chi connectivity index (χ0n) is 14.9. The van der Waals surface area contributed by atoms with Crippen LogP contribution in [0.15, 0.2) is 0 Å². The molecule has 132 valence electrons. The normalized spacial score (nSPS) is 37.4. The summed E-state index contributed by atoms with van der Waals surface area (Å²) in [6.45, 7) is 9.58. The average molecular weight is 323 g/mol. The lowest BCUT2D eigenvalue weighted by molar-refractivity contribution is 0.0488. The number of ether oxygens (including phenoxy) is 1. The van der Waals surface area contributed by atoms with Gasteiger partial charge in [0, 0.05) is 24.7 Å². The van der Waals surface area contributed by atoms with E-state index >= 15 is 0 Å². The van der Waals surface area contributed by atoms with Gasteiger partial charge in [-0.05, 0) is 78.3 Å². The van der Waals surface area contributed by atoms with Crippen molar-refractivity contribution in [1.29, 1.82) is 0 Å². The van der Waals surface area contributed by atoms with Crippen molar-refractivity contribution in [2.24, 2.45) is 5.92 Å². The van der Waals surface area contributed by atoms with E-state index in [4.69, 9.17) is 4.74 Å². The van der Waals surface area contributed by atoms with Gasteiger partial charge >= 0.3 is 6.09 Å². The van der Waals surface area contributed by atoms with E-state index in [9.17, 15) is 4.79 Å². The highest BCUT2D eigenvalue weighted by Crippen LogP contribution is 2.29. The topological polar surface area (TPSA) is 53.6 Å². The third kappa shape index (κ3) is 4.83. The van der Waals surface area contributed by atoms with E-state index in [0.717, 1.165) is 31.6 Å². The van der Waals surface area contributed by atoms with Crippen molar-refractivity contribution in [2.45, 2.75) is 83.0 Å². The maximum Gasteiger partial charge on any atom is 0.407 e. The Labute approximate surface area is 140 Å². The largest absolute Gasteiger partial charge is 0.444 e. The lowest BCUT2D eigenvalue weighted by Gasteiger charge is -2.37. The third-order valence-corrected chi connectivity index (χ3v) is 5.53. The third-order valence-electron chi connectivity index (χ3n) is 5.53. The van der Waals surface area contributed by atoms with Crippen LogP contribution in [0.4, 0.5) is 4.79 Å². The first-order chi connectivity index (χ1) is 10.9. The molecule has 23 heavy (non-hydrogen) atoms. The summed E-state index contributed by atoms with van der Waals surface area (Å²) in [6.07, 6.45) is 6.84. The smallest absolute Gasteiger partial charge is 0.407 e. The Morgan fingerprint density at radius 3 is 2.35 bits per heavy atom. The Balaban J connectivity index is 1.38. The van der Waals surface area contributed by atoms with Crippen molar-refractivity contribution in [1.82, 2.24) is 15.5 Å². The van der Waals surface area contributed by atoms with Gasteiger partial charge in [-0.25, -0.2) is 4.79 Å². The minimum Gasteiger partial charge on any atom is -0.444 e. The number of alkyl carbamates (subject to hydrolysis) is 1. The molecule has 2 saturated heterocycles. The SMILES string of the molecule is CC(C)(C)OC(=O)NC1CCC(NC2CCN3CCC2C3)CC1. The molecule has 3 fully saturated rings. The summed E-state index contributed by atoms with van der Waals surface area (Å²) in [4.78, 5) is 14.5. The molecule has 1 aliphatic carbocycles. The number of nitrogens with zero attached hydrogens (tertiary/aromatic N) is 1. The van der Waals surface area contributed by atoms with E-state index in [1.807, 2.05) is 20.8 Å². The van der Waals surface area contributed by atoms with Crippen LogP contribution in [-0.2, 0) is 4.74 Å². The molecule has 2 aliphatic heterocycles. The summed E-state index contributed by atoms with van der Waals surface area (Å²) in [7, 11) is 0. The minimum atomic E-state index is -0.418. The van der Waals surface area contributed by atoms with Crippen LogP contribution >= 0.6 is 0 Å². The van der Waals surface area contributed by atoms with Gasteiger partial charge in [-0.3, -0.25) is 0 Å². The van der Waals surface area contributed by atoms with Crippen molar-refractivity contribution in [3.63, 3.8) is 0 Å². The molecule has 2 N–H and O–H groups in total. The second-order valence-corrected chi connectivity index (χ2v) is 8.61. The molecule has 0 aromatic rings. The van der Waals surface area contributed by atoms with Crippen molar-refractivity contribution >= 4 is 6.09 Å². The standard InChI is InChI=1S/C18H33N3O2/c1-18(2,3)23-17(22)20-15-6-4-14(5-7-15)19-16-9-11-21-10-8-13(16)12-21/h13-16,19H,4-12H2,1-3H3,(H,20,22). The van der Waals surface area contributed by atoms with E-state index in [2.05, 4.69) is 15.5 Å². The summed E-state index contributed by atoms with van der Waals surface area (Å²) < 4.78 is 5.35. The van der Waals surface area contributed by atoms with Crippen molar-refractivity contribution in [3.8, 4) is 0 Å². The van der Waals surface area contributed by atoms with E-state index in [-0.39, 0.29) is 12.1 Å². The molecule has 0 aromatic heterocycles. The molecular weight excluding hydrogens is 290 g/mol. The Kier molecular flexibility index (Phi) is 5.16. The van der Waals surface area contributed by atoms with E-state index in [1.54, 1.807) is 0 Å². The first-order valence-electron chi connectivity index (χ1n) is 9.37. The highest BCUT2D eigenvalue weighted by atomic mass is 16.6. The van der Waals surface area contributed by atoms with Gasteiger partial charge in [-0.1, -0.05) is 0 Å². The highest BCUT2D eigenvalue weighted by molar-refractivity contribution is 5.68. The Hall–Kier alpha value is -0.810. The van der Waals surface area contributed by atoms with Gasteiger partial charge in [0.25, 0.3) is 0 Å². The Bertz CT molecular complexity index is 413. The van der Waals surface area contributed by atoms with Gasteiger partial charge in [0.1, 0.15) is 5.60 Å². The zero-order chi connectivity index (χ0) is 16.4.